The van der Waals surface area contributed by atoms with Gasteiger partial charge in [-0.2, -0.15) is 0 Å². The number of aryl methyl sites for hydroxylation is 1. The van der Waals surface area contributed by atoms with E-state index in [2.05, 4.69) is 10.6 Å². The van der Waals surface area contributed by atoms with Crippen molar-refractivity contribution in [1.29, 1.82) is 0 Å². The van der Waals surface area contributed by atoms with Gasteiger partial charge in [0.25, 0.3) is 5.91 Å². The largest absolute Gasteiger partial charge is 0.478 e. The van der Waals surface area contributed by atoms with Crippen molar-refractivity contribution in [3.8, 4) is 0 Å². The van der Waals surface area contributed by atoms with Crippen LogP contribution in [-0.4, -0.2) is 28.1 Å². The van der Waals surface area contributed by atoms with E-state index in [9.17, 15) is 19.5 Å². The average molecular weight is 607 g/mol. The number of thioether (sulfide) groups is 1. The molecular weight excluding hydrogens is 590 g/mol. The highest BCUT2D eigenvalue weighted by Crippen LogP contribution is 2.42. The Morgan fingerprint density at radius 2 is 1.44 bits per heavy atom. The zero-order valence-electron chi connectivity index (χ0n) is 18.6. The summed E-state index contributed by atoms with van der Waals surface area (Å²) < 4.78 is 0. The maximum absolute atomic E-state index is 13.0. The van der Waals surface area contributed by atoms with Crippen molar-refractivity contribution in [2.75, 3.05) is 10.6 Å². The molecular formula is C24H17Cl5N2O4S. The number of hydrogen-bond acceptors (Lipinski definition) is 4. The molecule has 0 heterocycles. The number of amides is 2. The maximum Gasteiger partial charge on any atom is 0.338 e. The lowest BCUT2D eigenvalue weighted by molar-refractivity contribution is -0.115. The molecule has 0 radical (unpaired) electrons. The second-order valence-corrected chi connectivity index (χ2v) is 10.8. The fraction of sp³-hybridized carbons (Fsp3) is 0.125. The molecule has 0 spiro atoms. The fourth-order valence-corrected chi connectivity index (χ4v) is 5.18. The molecule has 2 amide bonds. The molecule has 12 heteroatoms. The van der Waals surface area contributed by atoms with Crippen LogP contribution in [0.1, 0.15) is 33.2 Å². The van der Waals surface area contributed by atoms with Crippen LogP contribution in [0, 0.1) is 6.92 Å². The lowest BCUT2D eigenvalue weighted by Gasteiger charge is -2.15. The number of hydrogen-bond donors (Lipinski definition) is 3. The third-order valence-corrected chi connectivity index (χ3v) is 8.22. The van der Waals surface area contributed by atoms with Gasteiger partial charge in [-0.3, -0.25) is 9.59 Å². The Morgan fingerprint density at radius 3 is 2.06 bits per heavy atom. The number of carbonyl (C=O) groups excluding carboxylic acids is 2. The minimum Gasteiger partial charge on any atom is -0.478 e. The molecule has 3 N–H and O–H groups in total. The van der Waals surface area contributed by atoms with Crippen LogP contribution in [0.4, 0.5) is 11.4 Å². The Morgan fingerprint density at radius 1 is 0.833 bits per heavy atom. The van der Waals surface area contributed by atoms with Gasteiger partial charge in [0.05, 0.1) is 36.5 Å². The quantitative estimate of drug-likeness (QED) is 0.143. The summed E-state index contributed by atoms with van der Waals surface area (Å²) in [7, 11) is 0. The van der Waals surface area contributed by atoms with E-state index in [1.807, 2.05) is 13.0 Å². The third-order valence-electron chi connectivity index (χ3n) is 4.92. The fourth-order valence-electron chi connectivity index (χ4n) is 3.06. The van der Waals surface area contributed by atoms with Crippen LogP contribution >= 0.6 is 69.8 Å². The van der Waals surface area contributed by atoms with Gasteiger partial charge in [0, 0.05) is 21.3 Å². The number of anilines is 2. The van der Waals surface area contributed by atoms with Gasteiger partial charge in [-0.05, 0) is 49.7 Å². The maximum atomic E-state index is 13.0. The van der Waals surface area contributed by atoms with Crippen LogP contribution in [0.5, 0.6) is 0 Å². The number of rotatable bonds is 7. The first-order valence-electron chi connectivity index (χ1n) is 10.1. The van der Waals surface area contributed by atoms with E-state index in [-0.39, 0.29) is 21.0 Å². The number of aromatic carboxylic acids is 1. The van der Waals surface area contributed by atoms with Gasteiger partial charge in [-0.25, -0.2) is 4.79 Å². The SMILES string of the molecule is Cc1ccc(NC(=O)C(C)Sc2cccc(NC(=O)c3c(Cl)c(Cl)c(Cl)c(Cl)c3C(=O)O)c2)cc1Cl. The molecule has 0 aliphatic rings. The van der Waals surface area contributed by atoms with Crippen LogP contribution in [0.2, 0.25) is 25.1 Å². The molecule has 0 bridgehead atoms. The van der Waals surface area contributed by atoms with Crippen molar-refractivity contribution in [2.45, 2.75) is 24.0 Å². The van der Waals surface area contributed by atoms with E-state index in [1.54, 1.807) is 43.3 Å². The van der Waals surface area contributed by atoms with Gasteiger partial charge in [0.2, 0.25) is 5.91 Å². The zero-order chi connectivity index (χ0) is 26.7. The van der Waals surface area contributed by atoms with Gasteiger partial charge >= 0.3 is 5.97 Å². The summed E-state index contributed by atoms with van der Waals surface area (Å²) >= 11 is 31.5. The lowest BCUT2D eigenvalue weighted by Crippen LogP contribution is -2.22. The molecule has 0 aromatic heterocycles. The standard InChI is InChI=1S/C24H17Cl5N2O4S/c1-10-6-7-13(9-15(10)25)30-22(32)11(2)36-14-5-3-4-12(8-14)31-23(33)16-17(24(34)35)19(27)21(29)20(28)18(16)26/h3-9,11H,1-2H3,(H,30,32)(H,31,33)(H,34,35). The van der Waals surface area contributed by atoms with Crippen molar-refractivity contribution >= 4 is 98.9 Å². The minimum atomic E-state index is -1.50. The summed E-state index contributed by atoms with van der Waals surface area (Å²) in [6.45, 7) is 3.60. The highest BCUT2D eigenvalue weighted by Gasteiger charge is 2.29. The zero-order valence-corrected chi connectivity index (χ0v) is 23.2. The predicted molar refractivity (Wildman–Crippen MR) is 148 cm³/mol. The molecule has 3 rings (SSSR count). The number of carbonyl (C=O) groups is 3. The molecule has 1 unspecified atom stereocenters. The lowest BCUT2D eigenvalue weighted by atomic mass is 10.1. The Hall–Kier alpha value is -2.13. The topological polar surface area (TPSA) is 95.5 Å². The highest BCUT2D eigenvalue weighted by atomic mass is 35.5. The highest BCUT2D eigenvalue weighted by molar-refractivity contribution is 8.00. The summed E-state index contributed by atoms with van der Waals surface area (Å²) in [5.74, 6) is -2.58. The summed E-state index contributed by atoms with van der Waals surface area (Å²) in [6, 6.07) is 11.9. The summed E-state index contributed by atoms with van der Waals surface area (Å²) in [5, 5.41) is 13.8. The number of benzene rings is 3. The van der Waals surface area contributed by atoms with Crippen LogP contribution in [0.15, 0.2) is 47.4 Å². The second kappa shape index (κ2) is 11.9. The summed E-state index contributed by atoms with van der Waals surface area (Å²) in [6.07, 6.45) is 0. The molecule has 188 valence electrons. The average Bonchev–Trinajstić information content (AvgIpc) is 2.82. The van der Waals surface area contributed by atoms with Crippen LogP contribution in [0.3, 0.4) is 0 Å². The van der Waals surface area contributed by atoms with Crippen LogP contribution in [0.25, 0.3) is 0 Å². The first-order valence-corrected chi connectivity index (χ1v) is 12.9. The molecule has 36 heavy (non-hydrogen) atoms. The first-order chi connectivity index (χ1) is 16.9. The van der Waals surface area contributed by atoms with Gasteiger partial charge in [0.15, 0.2) is 0 Å². The van der Waals surface area contributed by atoms with Crippen molar-refractivity contribution in [3.63, 3.8) is 0 Å². The van der Waals surface area contributed by atoms with Gasteiger partial charge < -0.3 is 15.7 Å². The normalized spacial score (nSPS) is 11.6. The van der Waals surface area contributed by atoms with E-state index in [1.165, 1.54) is 11.8 Å². The van der Waals surface area contributed by atoms with Gasteiger partial charge in [-0.15, -0.1) is 11.8 Å². The Balaban J connectivity index is 1.78. The molecule has 0 fully saturated rings. The summed E-state index contributed by atoms with van der Waals surface area (Å²) in [4.78, 5) is 38.0. The van der Waals surface area contributed by atoms with Crippen molar-refractivity contribution in [2.24, 2.45) is 0 Å². The number of nitrogens with one attached hydrogen (secondary N) is 2. The van der Waals surface area contributed by atoms with Gasteiger partial charge in [-0.1, -0.05) is 70.1 Å². The van der Waals surface area contributed by atoms with E-state index >= 15 is 0 Å². The van der Waals surface area contributed by atoms with Crippen LogP contribution < -0.4 is 10.6 Å². The number of carboxylic acids is 1. The third kappa shape index (κ3) is 6.40. The van der Waals surface area contributed by atoms with Gasteiger partial charge in [0.1, 0.15) is 0 Å². The molecule has 0 aliphatic carbocycles. The monoisotopic (exact) mass is 604 g/mol. The molecule has 6 nitrogen and oxygen atoms in total. The molecule has 3 aromatic carbocycles. The molecule has 1 atom stereocenters. The Kier molecular flexibility index (Phi) is 9.44. The van der Waals surface area contributed by atoms with Crippen molar-refractivity contribution in [3.05, 3.63) is 84.3 Å². The van der Waals surface area contributed by atoms with E-state index in [4.69, 9.17) is 58.0 Å². The van der Waals surface area contributed by atoms with Crippen LogP contribution in [-0.2, 0) is 4.79 Å². The molecule has 0 saturated heterocycles. The second-order valence-electron chi connectivity index (χ2n) is 7.51. The van der Waals surface area contributed by atoms with Crippen molar-refractivity contribution < 1.29 is 19.5 Å². The van der Waals surface area contributed by atoms with Crippen molar-refractivity contribution in [1.82, 2.24) is 0 Å². The van der Waals surface area contributed by atoms with E-state index < -0.39 is 33.3 Å². The smallest absolute Gasteiger partial charge is 0.338 e. The number of carboxylic acid groups (broad SMARTS) is 1. The van der Waals surface area contributed by atoms with E-state index in [0.29, 0.717) is 21.3 Å². The Bertz CT molecular complexity index is 1380. The summed E-state index contributed by atoms with van der Waals surface area (Å²) in [5.41, 5.74) is 0.815. The van der Waals surface area contributed by atoms with E-state index in [0.717, 1.165) is 5.56 Å². The molecule has 0 saturated carbocycles. The Labute approximate surface area is 236 Å². The number of halogens is 5. The first kappa shape index (κ1) is 28.4. The molecule has 3 aromatic rings. The predicted octanol–water partition coefficient (Wildman–Crippen LogP) is 8.33. The molecule has 0 aliphatic heterocycles. The minimum absolute atomic E-state index is 0.238.